The molecule has 158 valence electrons. The van der Waals surface area contributed by atoms with E-state index in [-0.39, 0.29) is 4.90 Å². The molecule has 0 spiro atoms. The number of fused-ring (bicyclic) bond motifs is 1. The summed E-state index contributed by atoms with van der Waals surface area (Å²) in [6.07, 6.45) is -2.91. The predicted molar refractivity (Wildman–Crippen MR) is 112 cm³/mol. The topological polar surface area (TPSA) is 52.1 Å². The van der Waals surface area contributed by atoms with Crippen LogP contribution >= 0.6 is 0 Å². The number of pyridine rings is 1. The minimum absolute atomic E-state index is 0.0251. The van der Waals surface area contributed by atoms with E-state index in [1.54, 1.807) is 36.5 Å². The van der Waals surface area contributed by atoms with E-state index in [1.165, 1.54) is 28.9 Å². The Morgan fingerprint density at radius 1 is 0.839 bits per heavy atom. The van der Waals surface area contributed by atoms with E-state index in [0.29, 0.717) is 11.3 Å². The van der Waals surface area contributed by atoms with Gasteiger partial charge in [0.1, 0.15) is 0 Å². The van der Waals surface area contributed by atoms with Crippen LogP contribution < -0.4 is 4.68 Å². The number of aromatic nitrogens is 1. The molecule has 1 aromatic heterocycles. The molecule has 3 aromatic carbocycles. The lowest BCUT2D eigenvalue weighted by atomic mass is 10.1. The molecule has 31 heavy (non-hydrogen) atoms. The van der Waals surface area contributed by atoms with E-state index in [1.807, 2.05) is 19.1 Å². The zero-order valence-corrected chi connectivity index (χ0v) is 17.2. The number of benzene rings is 3. The number of alkyl halides is 3. The molecule has 4 aromatic rings. The maximum atomic E-state index is 12.9. The lowest BCUT2D eigenvalue weighted by Crippen LogP contribution is -2.34. The van der Waals surface area contributed by atoms with Crippen molar-refractivity contribution in [2.75, 3.05) is 0 Å². The Hall–Kier alpha value is -3.39. The molecule has 0 aliphatic rings. The van der Waals surface area contributed by atoms with E-state index in [9.17, 15) is 21.6 Å². The first kappa shape index (κ1) is 20.9. The third-order valence-electron chi connectivity index (χ3n) is 4.82. The van der Waals surface area contributed by atoms with Crippen molar-refractivity contribution in [2.45, 2.75) is 18.0 Å². The van der Waals surface area contributed by atoms with Crippen molar-refractivity contribution in [1.82, 2.24) is 0 Å². The van der Waals surface area contributed by atoms with Crippen molar-refractivity contribution in [3.63, 3.8) is 0 Å². The summed E-state index contributed by atoms with van der Waals surface area (Å²) in [5, 5.41) is 1.54. The molecule has 0 amide bonds. The van der Waals surface area contributed by atoms with Crippen LogP contribution in [0, 0.1) is 6.92 Å². The fourth-order valence-electron chi connectivity index (χ4n) is 3.16. The first-order valence-electron chi connectivity index (χ1n) is 9.30. The highest BCUT2D eigenvalue weighted by atomic mass is 32.2. The van der Waals surface area contributed by atoms with Gasteiger partial charge in [0.05, 0.1) is 10.5 Å². The van der Waals surface area contributed by atoms with Gasteiger partial charge in [-0.25, -0.2) is 13.1 Å². The summed E-state index contributed by atoms with van der Waals surface area (Å²) in [5.74, 6) is 0. The monoisotopic (exact) mass is 442 g/mol. The molecule has 0 atom stereocenters. The molecule has 1 heterocycles. The Bertz CT molecular complexity index is 1350. The summed E-state index contributed by atoms with van der Waals surface area (Å²) in [4.78, 5) is 3.98. The number of nitrogens with zero attached hydrogens (tertiary/aromatic N) is 2. The fourth-order valence-corrected chi connectivity index (χ4v) is 4.10. The Morgan fingerprint density at radius 2 is 1.45 bits per heavy atom. The van der Waals surface area contributed by atoms with Crippen LogP contribution in [-0.4, -0.2) is 8.42 Å². The van der Waals surface area contributed by atoms with Crippen LogP contribution in [0.3, 0.4) is 0 Å². The number of rotatable bonds is 4. The van der Waals surface area contributed by atoms with Crippen LogP contribution in [0.25, 0.3) is 26.9 Å². The number of hydrogen-bond donors (Lipinski definition) is 0. The van der Waals surface area contributed by atoms with Crippen LogP contribution in [0.5, 0.6) is 0 Å². The lowest BCUT2D eigenvalue weighted by molar-refractivity contribution is -0.600. The standard InChI is InChI=1S/C23H17F3N2O2S/c1-16-6-12-21(13-7-16)31(29,30)27-28-15-19-5-3-2-4-18(19)14-22(28)17-8-10-20(11-9-17)23(24,25)26/h2-15H,1H3. The molecule has 0 N–H and O–H groups in total. The smallest absolute Gasteiger partial charge is 0.317 e. The second kappa shape index (κ2) is 7.70. The van der Waals surface area contributed by atoms with E-state index < -0.39 is 21.8 Å². The third kappa shape index (κ3) is 4.39. The number of halogens is 3. The normalized spacial score (nSPS) is 12.1. The zero-order valence-electron chi connectivity index (χ0n) is 16.3. The maximum Gasteiger partial charge on any atom is 0.416 e. The van der Waals surface area contributed by atoms with Gasteiger partial charge in [-0.15, -0.1) is 0 Å². The first-order valence-corrected chi connectivity index (χ1v) is 10.7. The van der Waals surface area contributed by atoms with E-state index in [4.69, 9.17) is 0 Å². The Kier molecular flexibility index (Phi) is 5.18. The highest BCUT2D eigenvalue weighted by Gasteiger charge is 2.30. The van der Waals surface area contributed by atoms with Crippen molar-refractivity contribution < 1.29 is 26.3 Å². The maximum absolute atomic E-state index is 12.9. The minimum Gasteiger partial charge on any atom is -0.317 e. The molecular formula is C23H17F3N2O2S. The molecule has 4 nitrogen and oxygen atoms in total. The van der Waals surface area contributed by atoms with Crippen LogP contribution in [-0.2, 0) is 16.2 Å². The summed E-state index contributed by atoms with van der Waals surface area (Å²) < 4.78 is 65.8. The molecule has 0 unspecified atom stereocenters. The lowest BCUT2D eigenvalue weighted by Gasteiger charge is -2.18. The highest BCUT2D eigenvalue weighted by molar-refractivity contribution is 7.93. The quantitative estimate of drug-likeness (QED) is 0.384. The van der Waals surface area contributed by atoms with Crippen LogP contribution in [0.1, 0.15) is 11.1 Å². The molecule has 0 aliphatic carbocycles. The van der Waals surface area contributed by atoms with E-state index in [2.05, 4.69) is 4.83 Å². The van der Waals surface area contributed by atoms with Gasteiger partial charge in [0.15, 0.2) is 16.2 Å². The van der Waals surface area contributed by atoms with Gasteiger partial charge in [0.2, 0.25) is 5.69 Å². The van der Waals surface area contributed by atoms with Gasteiger partial charge in [-0.05, 0) is 54.8 Å². The van der Waals surface area contributed by atoms with E-state index >= 15 is 0 Å². The van der Waals surface area contributed by atoms with Crippen molar-refractivity contribution in [3.8, 4) is 11.3 Å². The molecule has 0 bridgehead atoms. The second-order valence-electron chi connectivity index (χ2n) is 7.08. The van der Waals surface area contributed by atoms with Gasteiger partial charge in [-0.1, -0.05) is 35.9 Å². The van der Waals surface area contributed by atoms with Crippen LogP contribution in [0.4, 0.5) is 13.2 Å². The zero-order chi connectivity index (χ0) is 22.2. The molecule has 0 aliphatic heterocycles. The van der Waals surface area contributed by atoms with Crippen molar-refractivity contribution in [2.24, 2.45) is 0 Å². The Balaban J connectivity index is 1.83. The van der Waals surface area contributed by atoms with Gasteiger partial charge >= 0.3 is 6.18 Å². The molecule has 0 fully saturated rings. The van der Waals surface area contributed by atoms with Crippen molar-refractivity contribution in [3.05, 3.63) is 101 Å². The van der Waals surface area contributed by atoms with Gasteiger partial charge < -0.3 is 4.83 Å². The SMILES string of the molecule is Cc1ccc(S(=O)(=O)[N-][n+]2cc3ccccc3cc2-c2ccc(C(F)(F)F)cc2)cc1. The van der Waals surface area contributed by atoms with Gasteiger partial charge in [0, 0.05) is 17.0 Å². The number of hydrogen-bond acceptors (Lipinski definition) is 2. The van der Waals surface area contributed by atoms with E-state index in [0.717, 1.165) is 28.5 Å². The predicted octanol–water partition coefficient (Wildman–Crippen LogP) is 5.65. The summed E-state index contributed by atoms with van der Waals surface area (Å²) in [5.41, 5.74) is 0.875. The average Bonchev–Trinajstić information content (AvgIpc) is 2.73. The Morgan fingerprint density at radius 3 is 2.06 bits per heavy atom. The fraction of sp³-hybridized carbons (Fsp3) is 0.0870. The van der Waals surface area contributed by atoms with Gasteiger partial charge in [-0.3, -0.25) is 0 Å². The molecule has 8 heteroatoms. The average molecular weight is 442 g/mol. The van der Waals surface area contributed by atoms with Crippen molar-refractivity contribution in [1.29, 1.82) is 0 Å². The van der Waals surface area contributed by atoms with Crippen LogP contribution in [0.15, 0.2) is 90.0 Å². The second-order valence-corrected chi connectivity index (χ2v) is 8.66. The largest absolute Gasteiger partial charge is 0.416 e. The molecule has 0 saturated carbocycles. The van der Waals surface area contributed by atoms with Gasteiger partial charge in [-0.2, -0.15) is 13.2 Å². The molecule has 0 saturated heterocycles. The minimum atomic E-state index is -4.46. The molecule has 4 rings (SSSR count). The molecular weight excluding hydrogens is 425 g/mol. The van der Waals surface area contributed by atoms with Crippen molar-refractivity contribution >= 4 is 20.8 Å². The first-order chi connectivity index (χ1) is 14.6. The molecule has 0 radical (unpaired) electrons. The number of sulfonamides is 1. The highest BCUT2D eigenvalue weighted by Crippen LogP contribution is 2.31. The summed E-state index contributed by atoms with van der Waals surface area (Å²) in [7, 11) is -4.05. The summed E-state index contributed by atoms with van der Waals surface area (Å²) in [6.45, 7) is 1.84. The summed E-state index contributed by atoms with van der Waals surface area (Å²) in [6, 6.07) is 19.8. The number of aryl methyl sites for hydroxylation is 1. The van der Waals surface area contributed by atoms with Gasteiger partial charge in [0.25, 0.3) is 0 Å². The third-order valence-corrected chi connectivity index (χ3v) is 6.08. The Labute approximate surface area is 177 Å². The van der Waals surface area contributed by atoms with Crippen LogP contribution in [0.2, 0.25) is 0 Å². The summed E-state index contributed by atoms with van der Waals surface area (Å²) >= 11 is 0.